The largest absolute Gasteiger partial charge is 0.497 e. The molecule has 37 heavy (non-hydrogen) atoms. The summed E-state index contributed by atoms with van der Waals surface area (Å²) in [6.07, 6.45) is 1.78. The van der Waals surface area contributed by atoms with E-state index < -0.39 is 23.4 Å². The van der Waals surface area contributed by atoms with Crippen molar-refractivity contribution in [3.8, 4) is 5.75 Å². The number of ether oxygens (including phenoxy) is 5. The van der Waals surface area contributed by atoms with Crippen LogP contribution in [0.25, 0.3) is 0 Å². The van der Waals surface area contributed by atoms with Gasteiger partial charge in [-0.1, -0.05) is 13.8 Å². The van der Waals surface area contributed by atoms with Crippen molar-refractivity contribution in [2.24, 2.45) is 11.8 Å². The Morgan fingerprint density at radius 1 is 1.22 bits per heavy atom. The fourth-order valence-corrected chi connectivity index (χ4v) is 6.94. The molecular weight excluding hydrogens is 494 g/mol. The molecule has 208 valence electrons. The summed E-state index contributed by atoms with van der Waals surface area (Å²) in [6.45, 7) is 8.58. The van der Waals surface area contributed by atoms with Gasteiger partial charge in [-0.3, -0.25) is 0 Å². The molecule has 1 N–H and O–H groups in total. The molecule has 0 bridgehead atoms. The summed E-state index contributed by atoms with van der Waals surface area (Å²) < 4.78 is 29.1. The van der Waals surface area contributed by atoms with Crippen LogP contribution in [0.2, 0.25) is 0 Å². The first-order valence-electron chi connectivity index (χ1n) is 13.4. The van der Waals surface area contributed by atoms with Crippen molar-refractivity contribution in [2.45, 2.75) is 80.9 Å². The Kier molecular flexibility index (Phi) is 9.33. The van der Waals surface area contributed by atoms with Crippen LogP contribution >= 0.6 is 11.8 Å². The number of carbonyl (C=O) groups is 1. The number of amides is 1. The fraction of sp³-hybridized carbons (Fsp3) is 0.750. The minimum atomic E-state index is -1.05. The van der Waals surface area contributed by atoms with Crippen LogP contribution in [0, 0.1) is 11.8 Å². The van der Waals surface area contributed by atoms with Crippen LogP contribution in [0.15, 0.2) is 29.2 Å². The topological polar surface area (TPSA) is 90.0 Å². The van der Waals surface area contributed by atoms with Gasteiger partial charge in [-0.2, -0.15) is 0 Å². The van der Waals surface area contributed by atoms with Gasteiger partial charge >= 0.3 is 6.09 Å². The van der Waals surface area contributed by atoms with Crippen molar-refractivity contribution in [1.29, 1.82) is 0 Å². The zero-order valence-corrected chi connectivity index (χ0v) is 23.6. The number of carbonyl (C=O) groups excluding carboxylic acids is 1. The van der Waals surface area contributed by atoms with Gasteiger partial charge in [-0.25, -0.2) is 4.79 Å². The molecule has 3 fully saturated rings. The predicted molar refractivity (Wildman–Crippen MR) is 142 cm³/mol. The first-order valence-corrected chi connectivity index (χ1v) is 14.4. The lowest BCUT2D eigenvalue weighted by Crippen LogP contribution is -2.62. The maximum Gasteiger partial charge on any atom is 0.410 e. The molecule has 3 aliphatic rings. The third kappa shape index (κ3) is 6.56. The fourth-order valence-electron chi connectivity index (χ4n) is 5.87. The average Bonchev–Trinajstić information content (AvgIpc) is 3.57. The molecule has 1 aliphatic carbocycles. The van der Waals surface area contributed by atoms with Crippen LogP contribution in [-0.2, 0) is 18.9 Å². The van der Waals surface area contributed by atoms with Crippen molar-refractivity contribution in [3.05, 3.63) is 24.3 Å². The summed E-state index contributed by atoms with van der Waals surface area (Å²) in [7, 11) is 3.29. The number of thioether (sulfide) groups is 1. The summed E-state index contributed by atoms with van der Waals surface area (Å²) in [5.41, 5.74) is -1.59. The number of hydrogen-bond acceptors (Lipinski definition) is 8. The van der Waals surface area contributed by atoms with Crippen molar-refractivity contribution >= 4 is 17.9 Å². The highest BCUT2D eigenvalue weighted by molar-refractivity contribution is 7.99. The normalized spacial score (nSPS) is 33.9. The lowest BCUT2D eigenvalue weighted by Gasteiger charge is -2.49. The van der Waals surface area contributed by atoms with Crippen molar-refractivity contribution in [1.82, 2.24) is 4.90 Å². The van der Waals surface area contributed by atoms with Crippen LogP contribution in [-0.4, -0.2) is 91.9 Å². The molecule has 1 aromatic rings. The van der Waals surface area contributed by atoms with Gasteiger partial charge in [0, 0.05) is 36.8 Å². The monoisotopic (exact) mass is 537 g/mol. The highest BCUT2D eigenvalue weighted by atomic mass is 32.2. The Hall–Kier alpha value is -1.52. The summed E-state index contributed by atoms with van der Waals surface area (Å²) >= 11 is 1.62. The van der Waals surface area contributed by atoms with Gasteiger partial charge in [0.1, 0.15) is 23.6 Å². The quantitative estimate of drug-likeness (QED) is 0.348. The van der Waals surface area contributed by atoms with E-state index >= 15 is 0 Å². The van der Waals surface area contributed by atoms with Gasteiger partial charge < -0.3 is 33.7 Å². The number of aliphatic hydroxyl groups is 1. The van der Waals surface area contributed by atoms with Crippen LogP contribution < -0.4 is 4.74 Å². The van der Waals surface area contributed by atoms with Crippen LogP contribution in [0.5, 0.6) is 5.75 Å². The molecule has 2 aliphatic heterocycles. The number of rotatable bonds is 10. The molecule has 1 saturated carbocycles. The summed E-state index contributed by atoms with van der Waals surface area (Å²) in [4.78, 5) is 15.7. The maximum absolute atomic E-state index is 13.0. The van der Waals surface area contributed by atoms with Gasteiger partial charge in [0.15, 0.2) is 0 Å². The van der Waals surface area contributed by atoms with Gasteiger partial charge in [0.05, 0.1) is 32.0 Å². The molecule has 0 radical (unpaired) electrons. The molecule has 6 unspecified atom stereocenters. The molecule has 4 rings (SSSR count). The highest BCUT2D eigenvalue weighted by Gasteiger charge is 2.67. The molecule has 9 heteroatoms. The third-order valence-electron chi connectivity index (χ3n) is 8.08. The van der Waals surface area contributed by atoms with Gasteiger partial charge in [-0.15, -0.1) is 11.8 Å². The Balaban J connectivity index is 1.53. The lowest BCUT2D eigenvalue weighted by atomic mass is 9.66. The second kappa shape index (κ2) is 12.1. The minimum absolute atomic E-state index is 0.0451. The number of methoxy groups -OCH3 is 2. The lowest BCUT2D eigenvalue weighted by molar-refractivity contribution is -0.172. The van der Waals surface area contributed by atoms with E-state index in [1.54, 1.807) is 30.9 Å². The first kappa shape index (κ1) is 28.5. The number of morpholine rings is 1. The van der Waals surface area contributed by atoms with Crippen molar-refractivity contribution in [2.75, 3.05) is 46.3 Å². The second-order valence-corrected chi connectivity index (χ2v) is 12.1. The van der Waals surface area contributed by atoms with Gasteiger partial charge in [0.2, 0.25) is 0 Å². The Morgan fingerprint density at radius 3 is 2.54 bits per heavy atom. The Bertz CT molecular complexity index is 893. The van der Waals surface area contributed by atoms with E-state index in [0.717, 1.165) is 23.5 Å². The molecule has 2 heterocycles. The summed E-state index contributed by atoms with van der Waals surface area (Å²) in [6, 6.07) is 7.87. The number of nitrogens with zero attached hydrogens (tertiary/aromatic N) is 1. The number of epoxide rings is 1. The molecule has 0 spiro atoms. The highest BCUT2D eigenvalue weighted by Crippen LogP contribution is 2.55. The van der Waals surface area contributed by atoms with E-state index in [1.807, 2.05) is 24.3 Å². The van der Waals surface area contributed by atoms with Gasteiger partial charge in [0.25, 0.3) is 0 Å². The predicted octanol–water partition coefficient (Wildman–Crippen LogP) is 4.37. The first-order chi connectivity index (χ1) is 17.7. The Morgan fingerprint density at radius 2 is 1.92 bits per heavy atom. The van der Waals surface area contributed by atoms with Crippen LogP contribution in [0.3, 0.4) is 0 Å². The second-order valence-electron chi connectivity index (χ2n) is 11.1. The van der Waals surface area contributed by atoms with Crippen molar-refractivity contribution < 1.29 is 33.6 Å². The zero-order valence-electron chi connectivity index (χ0n) is 22.8. The third-order valence-corrected chi connectivity index (χ3v) is 9.33. The summed E-state index contributed by atoms with van der Waals surface area (Å²) in [5, 5.41) is 12.2. The molecule has 8 nitrogen and oxygen atoms in total. The van der Waals surface area contributed by atoms with E-state index in [9.17, 15) is 9.90 Å². The standard InChI is InChI=1S/C28H43NO7S/c1-19(2)6-11-23-27(3,36-23)25-24(33-5)22(35-26(30)29-14-16-34-17-15-29)12-13-28(25,31)18-37-21-9-7-20(32-4)8-10-21/h7-10,19,22-25,31H,6,11-18H2,1-5H3. The average molecular weight is 538 g/mol. The van der Waals surface area contributed by atoms with Crippen LogP contribution in [0.1, 0.15) is 46.5 Å². The molecule has 6 atom stereocenters. The minimum Gasteiger partial charge on any atom is -0.497 e. The van der Waals surface area contributed by atoms with E-state index in [0.29, 0.717) is 50.8 Å². The zero-order chi connectivity index (χ0) is 26.6. The van der Waals surface area contributed by atoms with E-state index in [2.05, 4.69) is 20.8 Å². The molecule has 0 aromatic heterocycles. The number of benzene rings is 1. The summed E-state index contributed by atoms with van der Waals surface area (Å²) in [5.74, 6) is 1.52. The smallest absolute Gasteiger partial charge is 0.410 e. The SMILES string of the molecule is COc1ccc(SCC2(O)CCC(OC(=O)N3CCOCC3)C(OC)C2C2(C)OC2CCC(C)C)cc1. The molecular formula is C28H43NO7S. The van der Waals surface area contributed by atoms with Crippen molar-refractivity contribution in [3.63, 3.8) is 0 Å². The van der Waals surface area contributed by atoms with E-state index in [-0.39, 0.29) is 18.1 Å². The Labute approximate surface area is 225 Å². The van der Waals surface area contributed by atoms with E-state index in [4.69, 9.17) is 23.7 Å². The maximum atomic E-state index is 13.0. The molecule has 1 aromatic carbocycles. The van der Waals surface area contributed by atoms with Crippen LogP contribution in [0.4, 0.5) is 4.79 Å². The van der Waals surface area contributed by atoms with E-state index in [1.165, 1.54) is 0 Å². The molecule has 1 amide bonds. The van der Waals surface area contributed by atoms with Gasteiger partial charge in [-0.05, 0) is 62.8 Å². The number of hydrogen-bond donors (Lipinski definition) is 1. The molecule has 2 saturated heterocycles.